The van der Waals surface area contributed by atoms with E-state index in [4.69, 9.17) is 23.2 Å². The number of para-hydroxylation sites is 1. The van der Waals surface area contributed by atoms with E-state index in [1.807, 2.05) is 48.9 Å². The Balaban J connectivity index is 1.50. The second-order valence-electron chi connectivity index (χ2n) is 7.58. The molecule has 0 saturated carbocycles. The summed E-state index contributed by atoms with van der Waals surface area (Å²) in [6.45, 7) is 5.52. The Labute approximate surface area is 194 Å². The van der Waals surface area contributed by atoms with Crippen molar-refractivity contribution in [3.05, 3.63) is 80.6 Å². The Hall–Kier alpha value is -3.16. The highest BCUT2D eigenvalue weighted by Crippen LogP contribution is 2.32. The molecule has 0 radical (unpaired) electrons. The molecular formula is C23H20Cl2N4O3. The Morgan fingerprint density at radius 1 is 1.03 bits per heavy atom. The van der Waals surface area contributed by atoms with Gasteiger partial charge >= 0.3 is 0 Å². The first-order chi connectivity index (χ1) is 15.2. The van der Waals surface area contributed by atoms with Crippen molar-refractivity contribution in [2.24, 2.45) is 0 Å². The molecule has 0 saturated heterocycles. The minimum absolute atomic E-state index is 0.139. The number of aryl methyl sites for hydroxylation is 1. The summed E-state index contributed by atoms with van der Waals surface area (Å²) in [6, 6.07) is 11.4. The average Bonchev–Trinajstić information content (AvgIpc) is 3.19. The van der Waals surface area contributed by atoms with Crippen LogP contribution in [0.5, 0.6) is 0 Å². The van der Waals surface area contributed by atoms with E-state index in [1.165, 1.54) is 19.1 Å². The van der Waals surface area contributed by atoms with Crippen molar-refractivity contribution in [3.8, 4) is 5.69 Å². The summed E-state index contributed by atoms with van der Waals surface area (Å²) < 4.78 is 1.82. The smallest absolute Gasteiger partial charge is 0.262 e. The van der Waals surface area contributed by atoms with Crippen molar-refractivity contribution >= 4 is 40.9 Å². The number of fused-ring (bicyclic) bond motifs is 1. The summed E-state index contributed by atoms with van der Waals surface area (Å²) in [4.78, 5) is 39.3. The van der Waals surface area contributed by atoms with Crippen LogP contribution in [0.3, 0.4) is 0 Å². The maximum absolute atomic E-state index is 12.8. The molecule has 1 aliphatic rings. The van der Waals surface area contributed by atoms with Gasteiger partial charge in [-0.15, -0.1) is 0 Å². The van der Waals surface area contributed by atoms with Gasteiger partial charge in [0.05, 0.1) is 32.6 Å². The van der Waals surface area contributed by atoms with Gasteiger partial charge in [0.15, 0.2) is 0 Å². The van der Waals surface area contributed by atoms with Crippen LogP contribution in [0.15, 0.2) is 42.5 Å². The Morgan fingerprint density at radius 2 is 1.59 bits per heavy atom. The number of hydrogen-bond acceptors (Lipinski definition) is 4. The molecule has 9 heteroatoms. The van der Waals surface area contributed by atoms with E-state index in [9.17, 15) is 14.4 Å². The second kappa shape index (κ2) is 8.41. The molecule has 0 bridgehead atoms. The SMILES string of the molecule is Cc1nn(-c2ccccc2)c(C)c1CNC(=O)C(C)N1C(=O)c2cc(Cl)c(Cl)cc2C1=O. The molecule has 4 rings (SSSR count). The summed E-state index contributed by atoms with van der Waals surface area (Å²) in [5, 5.41) is 7.74. The molecule has 1 atom stereocenters. The summed E-state index contributed by atoms with van der Waals surface area (Å²) in [5.41, 5.74) is 3.74. The van der Waals surface area contributed by atoms with E-state index < -0.39 is 23.8 Å². The number of nitrogens with one attached hydrogen (secondary N) is 1. The third-order valence-electron chi connectivity index (χ3n) is 5.61. The quantitative estimate of drug-likeness (QED) is 0.568. The molecule has 0 spiro atoms. The van der Waals surface area contributed by atoms with Gasteiger partial charge in [0, 0.05) is 17.8 Å². The first-order valence-corrected chi connectivity index (χ1v) is 10.7. The van der Waals surface area contributed by atoms with Gasteiger partial charge in [0.2, 0.25) is 5.91 Å². The standard InChI is InChI=1S/C23H20Cl2N4O3/c1-12-18(13(2)29(27-12)15-7-5-4-6-8-15)11-26-21(30)14(3)28-22(31)16-9-19(24)20(25)10-17(16)23(28)32/h4-10,14H,11H2,1-3H3,(H,26,30). The predicted molar refractivity (Wildman–Crippen MR) is 121 cm³/mol. The maximum atomic E-state index is 12.8. The van der Waals surface area contributed by atoms with E-state index >= 15 is 0 Å². The highest BCUT2D eigenvalue weighted by Gasteiger charge is 2.41. The molecule has 32 heavy (non-hydrogen) atoms. The molecule has 164 valence electrons. The third-order valence-corrected chi connectivity index (χ3v) is 6.33. The average molecular weight is 471 g/mol. The zero-order chi connectivity index (χ0) is 23.2. The van der Waals surface area contributed by atoms with Crippen molar-refractivity contribution in [1.29, 1.82) is 0 Å². The monoisotopic (exact) mass is 470 g/mol. The van der Waals surface area contributed by atoms with Crippen molar-refractivity contribution < 1.29 is 14.4 Å². The number of aromatic nitrogens is 2. The van der Waals surface area contributed by atoms with Crippen molar-refractivity contribution in [2.45, 2.75) is 33.4 Å². The van der Waals surface area contributed by atoms with Crippen molar-refractivity contribution in [1.82, 2.24) is 20.0 Å². The summed E-state index contributed by atoms with van der Waals surface area (Å²) >= 11 is 12.0. The normalized spacial score (nSPS) is 14.0. The van der Waals surface area contributed by atoms with Crippen molar-refractivity contribution in [3.63, 3.8) is 0 Å². The fourth-order valence-electron chi connectivity index (χ4n) is 3.80. The molecule has 2 heterocycles. The molecule has 3 amide bonds. The molecule has 1 aromatic heterocycles. The van der Waals surface area contributed by atoms with Crippen LogP contribution in [0.4, 0.5) is 0 Å². The molecule has 7 nitrogen and oxygen atoms in total. The number of nitrogens with zero attached hydrogens (tertiary/aromatic N) is 3. The number of halogens is 2. The topological polar surface area (TPSA) is 84.3 Å². The number of carbonyl (C=O) groups excluding carboxylic acids is 3. The molecule has 1 aliphatic heterocycles. The van der Waals surface area contributed by atoms with Crippen LogP contribution in [-0.4, -0.2) is 38.4 Å². The van der Waals surface area contributed by atoms with E-state index in [0.717, 1.165) is 27.5 Å². The minimum Gasteiger partial charge on any atom is -0.350 e. The highest BCUT2D eigenvalue weighted by molar-refractivity contribution is 6.43. The molecule has 2 aromatic carbocycles. The van der Waals surface area contributed by atoms with Crippen LogP contribution in [0.2, 0.25) is 10.0 Å². The van der Waals surface area contributed by atoms with Crippen LogP contribution < -0.4 is 5.32 Å². The Kier molecular flexibility index (Phi) is 5.79. The summed E-state index contributed by atoms with van der Waals surface area (Å²) in [5.74, 6) is -1.60. The van der Waals surface area contributed by atoms with Crippen LogP contribution in [-0.2, 0) is 11.3 Å². The van der Waals surface area contributed by atoms with E-state index in [2.05, 4.69) is 10.4 Å². The van der Waals surface area contributed by atoms with E-state index in [1.54, 1.807) is 0 Å². The lowest BCUT2D eigenvalue weighted by Crippen LogP contribution is -2.47. The number of imide groups is 1. The van der Waals surface area contributed by atoms with Gasteiger partial charge < -0.3 is 5.32 Å². The van der Waals surface area contributed by atoms with Gasteiger partial charge in [-0.25, -0.2) is 4.68 Å². The van der Waals surface area contributed by atoms with Gasteiger partial charge in [-0.2, -0.15) is 5.10 Å². The lowest BCUT2D eigenvalue weighted by Gasteiger charge is -2.21. The van der Waals surface area contributed by atoms with Gasteiger partial charge in [-0.1, -0.05) is 41.4 Å². The number of benzene rings is 2. The second-order valence-corrected chi connectivity index (χ2v) is 8.40. The molecule has 1 N–H and O–H groups in total. The van der Waals surface area contributed by atoms with Crippen LogP contribution in [0.25, 0.3) is 5.69 Å². The van der Waals surface area contributed by atoms with Gasteiger partial charge in [0.1, 0.15) is 6.04 Å². The molecule has 1 unspecified atom stereocenters. The molecular weight excluding hydrogens is 451 g/mol. The molecule has 0 fully saturated rings. The summed E-state index contributed by atoms with van der Waals surface area (Å²) in [7, 11) is 0. The van der Waals surface area contributed by atoms with Gasteiger partial charge in [0.25, 0.3) is 11.8 Å². The van der Waals surface area contributed by atoms with Gasteiger partial charge in [-0.3, -0.25) is 19.3 Å². The number of amides is 3. The van der Waals surface area contributed by atoms with E-state index in [0.29, 0.717) is 0 Å². The predicted octanol–water partition coefficient (Wildman–Crippen LogP) is 4.10. The lowest BCUT2D eigenvalue weighted by molar-refractivity contribution is -0.124. The molecule has 0 aliphatic carbocycles. The lowest BCUT2D eigenvalue weighted by atomic mass is 10.1. The first-order valence-electron chi connectivity index (χ1n) is 9.96. The number of carbonyl (C=O) groups is 3. The minimum atomic E-state index is -1.01. The van der Waals surface area contributed by atoms with E-state index in [-0.39, 0.29) is 27.7 Å². The first kappa shape index (κ1) is 22.0. The van der Waals surface area contributed by atoms with Crippen molar-refractivity contribution in [2.75, 3.05) is 0 Å². The van der Waals surface area contributed by atoms with Crippen LogP contribution >= 0.6 is 23.2 Å². The fraction of sp³-hybridized carbons (Fsp3) is 0.217. The number of hydrogen-bond donors (Lipinski definition) is 1. The van der Waals surface area contributed by atoms with Crippen LogP contribution in [0.1, 0.15) is 44.6 Å². The largest absolute Gasteiger partial charge is 0.350 e. The maximum Gasteiger partial charge on any atom is 0.262 e. The highest BCUT2D eigenvalue weighted by atomic mass is 35.5. The zero-order valence-corrected chi connectivity index (χ0v) is 19.2. The Bertz CT molecular complexity index is 1210. The summed E-state index contributed by atoms with van der Waals surface area (Å²) in [6.07, 6.45) is 0. The Morgan fingerprint density at radius 3 is 2.16 bits per heavy atom. The molecule has 3 aromatic rings. The third kappa shape index (κ3) is 3.67. The number of rotatable bonds is 5. The van der Waals surface area contributed by atoms with Crippen LogP contribution in [0, 0.1) is 13.8 Å². The fourth-order valence-corrected chi connectivity index (χ4v) is 4.12. The van der Waals surface area contributed by atoms with Gasteiger partial charge in [-0.05, 0) is 45.0 Å². The zero-order valence-electron chi connectivity index (χ0n) is 17.6.